The minimum atomic E-state index is -1.18. The summed E-state index contributed by atoms with van der Waals surface area (Å²) in [6.07, 6.45) is 0. The number of H-pyrrole nitrogens is 1. The van der Waals surface area contributed by atoms with E-state index in [2.05, 4.69) is 20.6 Å². The van der Waals surface area contributed by atoms with Crippen molar-refractivity contribution in [2.75, 3.05) is 0 Å². The number of tetrazole rings is 1. The number of aliphatic carboxylic acids is 1. The van der Waals surface area contributed by atoms with E-state index in [1.807, 2.05) is 0 Å². The largest absolute Gasteiger partial charge is 0.480 e. The zero-order valence-corrected chi connectivity index (χ0v) is 6.62. The molecule has 0 unspecified atom stereocenters. The normalized spacial score (nSPS) is 10.7. The summed E-state index contributed by atoms with van der Waals surface area (Å²) in [4.78, 5) is 20.1. The number of nitro groups is 1. The van der Waals surface area contributed by atoms with Crippen molar-refractivity contribution in [3.8, 4) is 0 Å². The second-order valence-corrected chi connectivity index (χ2v) is 1.92. The molecule has 4 N–H and O–H groups in total. The molecule has 1 heterocycles. The highest BCUT2D eigenvalue weighted by atomic mass is 16.7. The van der Waals surface area contributed by atoms with Gasteiger partial charge in [-0.05, 0) is 5.21 Å². The van der Waals surface area contributed by atoms with Crippen LogP contribution >= 0.6 is 0 Å². The van der Waals surface area contributed by atoms with Crippen molar-refractivity contribution in [3.05, 3.63) is 15.7 Å². The molecule has 0 fully saturated rings. The Kier molecular flexibility index (Phi) is 3.89. The van der Waals surface area contributed by atoms with E-state index in [0.29, 0.717) is 0 Å². The number of nitrogens with zero attached hydrogens (tertiary/aromatic N) is 5. The van der Waals surface area contributed by atoms with Gasteiger partial charge in [0, 0.05) is 0 Å². The lowest BCUT2D eigenvalue weighted by molar-refractivity contribution is -0.491. The molecule has 0 aliphatic heterocycles. The topological polar surface area (TPSA) is 171 Å². The molecule has 0 aliphatic rings. The summed E-state index contributed by atoms with van der Waals surface area (Å²) in [5.41, 5.74) is -0.396. The van der Waals surface area contributed by atoms with Crippen molar-refractivity contribution in [1.29, 1.82) is 0 Å². The molecule has 1 rings (SSSR count). The lowest BCUT2D eigenvalue weighted by Gasteiger charge is -1.91. The number of rotatable bonds is 3. The van der Waals surface area contributed by atoms with Crippen molar-refractivity contribution in [2.45, 2.75) is 6.54 Å². The molecule has 0 aromatic carbocycles. The number of carboxylic acid groups (broad SMARTS) is 1. The molecular formula is C3H6N6O5. The van der Waals surface area contributed by atoms with E-state index >= 15 is 0 Å². The standard InChI is InChI=1S/C3H4N6O4.H2O/c10-2(11)1-8-3(4-6-7-8)5-9(12)13;/h1H2,(H,10,11)(H,4,5,7);1H2. The second-order valence-electron chi connectivity index (χ2n) is 1.92. The van der Waals surface area contributed by atoms with Gasteiger partial charge in [0.05, 0.1) is 0 Å². The molecule has 0 saturated heterocycles. The van der Waals surface area contributed by atoms with E-state index in [1.165, 1.54) is 0 Å². The Hall–Kier alpha value is -2.30. The number of nitrogens with one attached hydrogen (secondary N) is 1. The van der Waals surface area contributed by atoms with Crippen LogP contribution < -0.4 is 5.62 Å². The summed E-state index contributed by atoms with van der Waals surface area (Å²) in [7, 11) is 0. The fourth-order valence-corrected chi connectivity index (χ4v) is 0.608. The third kappa shape index (κ3) is 2.98. The van der Waals surface area contributed by atoms with E-state index in [1.54, 1.807) is 0 Å². The van der Waals surface area contributed by atoms with Crippen molar-refractivity contribution in [1.82, 2.24) is 20.2 Å². The van der Waals surface area contributed by atoms with Crippen LogP contribution in [0.1, 0.15) is 0 Å². The first-order valence-electron chi connectivity index (χ1n) is 2.98. The van der Waals surface area contributed by atoms with E-state index in [0.717, 1.165) is 4.68 Å². The molecule has 0 bridgehead atoms. The van der Waals surface area contributed by atoms with Crippen LogP contribution in [-0.2, 0) is 11.3 Å². The fraction of sp³-hybridized carbons (Fsp3) is 0.333. The molecule has 1 aromatic rings. The Morgan fingerprint density at radius 3 is 2.93 bits per heavy atom. The van der Waals surface area contributed by atoms with Crippen molar-refractivity contribution >= 4 is 5.97 Å². The minimum absolute atomic E-state index is 0. The molecule has 0 amide bonds. The number of aromatic nitrogens is 4. The predicted octanol–water partition coefficient (Wildman–Crippen LogP) is -3.04. The Balaban J connectivity index is 0.00000169. The predicted molar refractivity (Wildman–Crippen MR) is 38.2 cm³/mol. The first kappa shape index (κ1) is 11.7. The number of hydrogen-bond acceptors (Lipinski definition) is 5. The highest BCUT2D eigenvalue weighted by Crippen LogP contribution is 1.72. The quantitative estimate of drug-likeness (QED) is 0.393. The van der Waals surface area contributed by atoms with Crippen LogP contribution in [0.15, 0.2) is 5.10 Å². The van der Waals surface area contributed by atoms with Crippen LogP contribution in [0.4, 0.5) is 0 Å². The van der Waals surface area contributed by atoms with Gasteiger partial charge in [-0.3, -0.25) is 4.79 Å². The van der Waals surface area contributed by atoms with Gasteiger partial charge < -0.3 is 10.6 Å². The lowest BCUT2D eigenvalue weighted by atomic mass is 10.7. The lowest BCUT2D eigenvalue weighted by Crippen LogP contribution is -2.25. The van der Waals surface area contributed by atoms with Gasteiger partial charge >= 0.3 is 11.6 Å². The summed E-state index contributed by atoms with van der Waals surface area (Å²) >= 11 is 0. The van der Waals surface area contributed by atoms with Gasteiger partial charge in [-0.2, -0.15) is 5.21 Å². The van der Waals surface area contributed by atoms with E-state index < -0.39 is 23.2 Å². The number of carbonyl (C=O) groups is 1. The van der Waals surface area contributed by atoms with Gasteiger partial charge in [0.15, 0.2) is 5.03 Å². The van der Waals surface area contributed by atoms with Crippen LogP contribution in [0.2, 0.25) is 0 Å². The molecule has 1 aromatic heterocycles. The summed E-state index contributed by atoms with van der Waals surface area (Å²) in [5, 5.41) is 28.5. The average molecular weight is 206 g/mol. The SMILES string of the molecule is O.O=C(O)Cn1[nH]nn/c1=N\[N+](=O)[O-]. The van der Waals surface area contributed by atoms with E-state index in [-0.39, 0.29) is 5.48 Å². The third-order valence-corrected chi connectivity index (χ3v) is 1.01. The minimum Gasteiger partial charge on any atom is -0.480 e. The van der Waals surface area contributed by atoms with Crippen LogP contribution in [0.25, 0.3) is 0 Å². The second kappa shape index (κ2) is 4.66. The molecule has 0 aliphatic carbocycles. The molecule has 78 valence electrons. The monoisotopic (exact) mass is 206 g/mol. The molecular weight excluding hydrogens is 200 g/mol. The number of carboxylic acids is 1. The Morgan fingerprint density at radius 1 is 1.79 bits per heavy atom. The van der Waals surface area contributed by atoms with Gasteiger partial charge in [0.25, 0.3) is 0 Å². The van der Waals surface area contributed by atoms with Crippen molar-refractivity contribution in [2.24, 2.45) is 5.10 Å². The van der Waals surface area contributed by atoms with Crippen LogP contribution in [0.3, 0.4) is 0 Å². The van der Waals surface area contributed by atoms with Gasteiger partial charge in [-0.1, -0.05) is 5.10 Å². The Labute approximate surface area is 75.1 Å². The van der Waals surface area contributed by atoms with Crippen LogP contribution in [0.5, 0.6) is 0 Å². The first-order chi connectivity index (χ1) is 6.09. The summed E-state index contributed by atoms with van der Waals surface area (Å²) in [6, 6.07) is 0. The van der Waals surface area contributed by atoms with Gasteiger partial charge in [0.2, 0.25) is 0 Å². The van der Waals surface area contributed by atoms with Gasteiger partial charge in [-0.25, -0.2) is 14.8 Å². The third-order valence-electron chi connectivity index (χ3n) is 1.01. The van der Waals surface area contributed by atoms with E-state index in [9.17, 15) is 14.9 Å². The number of hydrogen-bond donors (Lipinski definition) is 2. The number of aromatic amines is 1. The molecule has 0 radical (unpaired) electrons. The molecule has 0 spiro atoms. The van der Waals surface area contributed by atoms with Gasteiger partial charge in [0.1, 0.15) is 11.6 Å². The zero-order valence-electron chi connectivity index (χ0n) is 6.62. The maximum Gasteiger partial charge on any atom is 0.338 e. The molecule has 11 nitrogen and oxygen atoms in total. The fourth-order valence-electron chi connectivity index (χ4n) is 0.608. The van der Waals surface area contributed by atoms with Crippen LogP contribution in [0, 0.1) is 10.1 Å². The van der Waals surface area contributed by atoms with Crippen molar-refractivity contribution in [3.63, 3.8) is 0 Å². The molecule has 11 heteroatoms. The summed E-state index contributed by atoms with van der Waals surface area (Å²) in [5.74, 6) is -1.18. The van der Waals surface area contributed by atoms with E-state index in [4.69, 9.17) is 5.11 Å². The maximum atomic E-state index is 10.2. The maximum absolute atomic E-state index is 10.2. The Morgan fingerprint density at radius 2 is 2.43 bits per heavy atom. The van der Waals surface area contributed by atoms with Crippen molar-refractivity contribution < 1.29 is 20.4 Å². The highest BCUT2D eigenvalue weighted by molar-refractivity contribution is 5.66. The zero-order chi connectivity index (χ0) is 9.84. The Bertz CT molecular complexity index is 390. The molecule has 0 atom stereocenters. The summed E-state index contributed by atoms with van der Waals surface area (Å²) in [6.45, 7) is -0.514. The smallest absolute Gasteiger partial charge is 0.338 e. The van der Waals surface area contributed by atoms with Gasteiger partial charge in [-0.15, -0.1) is 0 Å². The molecule has 0 saturated carbocycles. The highest BCUT2D eigenvalue weighted by Gasteiger charge is 2.05. The van der Waals surface area contributed by atoms with Crippen LogP contribution in [-0.4, -0.2) is 41.8 Å². The average Bonchev–Trinajstić information content (AvgIpc) is 2.34. The summed E-state index contributed by atoms with van der Waals surface area (Å²) < 4.78 is 0.825. The molecule has 14 heavy (non-hydrogen) atoms. The first-order valence-corrected chi connectivity index (χ1v) is 2.98.